The highest BCUT2D eigenvalue weighted by atomic mass is 79.9. The van der Waals surface area contributed by atoms with Crippen LogP contribution in [0.2, 0.25) is 0 Å². The molecule has 5 aromatic rings. The molecule has 0 bridgehead atoms. The number of rotatable bonds is 5. The number of aromatic nitrogens is 2. The van der Waals surface area contributed by atoms with Gasteiger partial charge in [-0.15, -0.1) is 0 Å². The molecule has 0 aliphatic heterocycles. The van der Waals surface area contributed by atoms with Crippen LogP contribution in [0.4, 0.5) is 0 Å². The molecule has 5 rings (SSSR count). The number of halogens is 1. The van der Waals surface area contributed by atoms with Crippen LogP contribution < -0.4 is 4.74 Å². The van der Waals surface area contributed by atoms with Crippen molar-refractivity contribution >= 4 is 49.4 Å². The monoisotopic (exact) mass is 493 g/mol. The number of H-pyrrole nitrogens is 1. The number of aryl methyl sites for hydroxylation is 1. The highest BCUT2D eigenvalue weighted by Crippen LogP contribution is 2.29. The number of fused-ring (bicyclic) bond motifs is 2. The van der Waals surface area contributed by atoms with Gasteiger partial charge in [-0.1, -0.05) is 54.6 Å². The molecule has 0 saturated heterocycles. The molecule has 0 aliphatic carbocycles. The van der Waals surface area contributed by atoms with Crippen LogP contribution in [0.5, 0.6) is 5.75 Å². The van der Waals surface area contributed by atoms with Gasteiger partial charge in [-0.2, -0.15) is 5.26 Å². The molecule has 5 heteroatoms. The lowest BCUT2D eigenvalue weighted by atomic mass is 10.1. The van der Waals surface area contributed by atoms with Crippen LogP contribution in [0.25, 0.3) is 33.5 Å². The lowest BCUT2D eigenvalue weighted by Gasteiger charge is -2.11. The van der Waals surface area contributed by atoms with Gasteiger partial charge in [0.05, 0.1) is 21.1 Å². The molecule has 0 unspecified atom stereocenters. The van der Waals surface area contributed by atoms with E-state index in [9.17, 15) is 5.26 Å². The van der Waals surface area contributed by atoms with E-state index in [0.717, 1.165) is 37.9 Å². The Morgan fingerprint density at radius 2 is 1.91 bits per heavy atom. The molecule has 0 atom stereocenters. The van der Waals surface area contributed by atoms with Crippen molar-refractivity contribution in [2.75, 3.05) is 0 Å². The van der Waals surface area contributed by atoms with Crippen LogP contribution in [0.15, 0.2) is 83.3 Å². The molecule has 1 N–H and O–H groups in total. The van der Waals surface area contributed by atoms with Crippen LogP contribution in [0.1, 0.15) is 22.5 Å². The molecule has 160 valence electrons. The van der Waals surface area contributed by atoms with E-state index in [1.165, 1.54) is 10.8 Å². The van der Waals surface area contributed by atoms with Gasteiger partial charge in [0.15, 0.2) is 0 Å². The minimum atomic E-state index is 0.469. The molecule has 33 heavy (non-hydrogen) atoms. The predicted octanol–water partition coefficient (Wildman–Crippen LogP) is 7.43. The fourth-order valence-corrected chi connectivity index (χ4v) is 4.38. The van der Waals surface area contributed by atoms with E-state index in [1.807, 2.05) is 67.6 Å². The average Bonchev–Trinajstić information content (AvgIpc) is 3.25. The molecule has 4 aromatic carbocycles. The van der Waals surface area contributed by atoms with Gasteiger partial charge >= 0.3 is 0 Å². The van der Waals surface area contributed by atoms with Gasteiger partial charge in [0, 0.05) is 0 Å². The second-order valence-electron chi connectivity index (χ2n) is 7.89. The summed E-state index contributed by atoms with van der Waals surface area (Å²) in [6, 6.07) is 28.6. The summed E-state index contributed by atoms with van der Waals surface area (Å²) in [6.07, 6.45) is 1.82. The molecular formula is C28H20BrN3O. The Kier molecular flexibility index (Phi) is 5.68. The van der Waals surface area contributed by atoms with Gasteiger partial charge in [-0.3, -0.25) is 0 Å². The Balaban J connectivity index is 1.38. The van der Waals surface area contributed by atoms with Gasteiger partial charge in [-0.25, -0.2) is 4.98 Å². The zero-order valence-electron chi connectivity index (χ0n) is 18.0. The predicted molar refractivity (Wildman–Crippen MR) is 137 cm³/mol. The molecule has 0 aliphatic rings. The number of allylic oxidation sites excluding steroid dienone is 1. The number of imidazole rings is 1. The van der Waals surface area contributed by atoms with Gasteiger partial charge in [-0.05, 0) is 80.7 Å². The van der Waals surface area contributed by atoms with Crippen LogP contribution in [0, 0.1) is 18.3 Å². The Hall–Kier alpha value is -3.88. The summed E-state index contributed by atoms with van der Waals surface area (Å²) in [6.45, 7) is 2.50. The molecule has 0 fully saturated rings. The van der Waals surface area contributed by atoms with Crippen molar-refractivity contribution in [3.8, 4) is 11.8 Å². The average molecular weight is 494 g/mol. The van der Waals surface area contributed by atoms with E-state index in [2.05, 4.69) is 56.2 Å². The zero-order chi connectivity index (χ0) is 22.8. The molecular weight excluding hydrogens is 474 g/mol. The first kappa shape index (κ1) is 21.0. The first-order valence-corrected chi connectivity index (χ1v) is 11.4. The van der Waals surface area contributed by atoms with E-state index >= 15 is 0 Å². The van der Waals surface area contributed by atoms with Crippen molar-refractivity contribution in [2.45, 2.75) is 13.5 Å². The lowest BCUT2D eigenvalue weighted by Crippen LogP contribution is -1.97. The van der Waals surface area contributed by atoms with Crippen LogP contribution >= 0.6 is 15.9 Å². The molecule has 1 aromatic heterocycles. The number of ether oxygens (including phenoxy) is 1. The third-order valence-electron chi connectivity index (χ3n) is 5.54. The Morgan fingerprint density at radius 1 is 1.06 bits per heavy atom. The van der Waals surface area contributed by atoms with Crippen molar-refractivity contribution in [2.24, 2.45) is 0 Å². The molecule has 0 amide bonds. The third-order valence-corrected chi connectivity index (χ3v) is 6.16. The van der Waals surface area contributed by atoms with E-state index < -0.39 is 0 Å². The summed E-state index contributed by atoms with van der Waals surface area (Å²) >= 11 is 3.61. The summed E-state index contributed by atoms with van der Waals surface area (Å²) in [5.74, 6) is 1.31. The largest absolute Gasteiger partial charge is 0.488 e. The Bertz CT molecular complexity index is 1550. The number of benzene rings is 4. The van der Waals surface area contributed by atoms with E-state index in [-0.39, 0.29) is 0 Å². The first-order valence-electron chi connectivity index (χ1n) is 10.6. The molecule has 4 nitrogen and oxygen atoms in total. The topological polar surface area (TPSA) is 61.7 Å². The fourth-order valence-electron chi connectivity index (χ4n) is 3.87. The Morgan fingerprint density at radius 3 is 2.76 bits per heavy atom. The summed E-state index contributed by atoms with van der Waals surface area (Å²) in [7, 11) is 0. The van der Waals surface area contributed by atoms with E-state index in [1.54, 1.807) is 0 Å². The maximum Gasteiger partial charge on any atom is 0.149 e. The normalized spacial score (nSPS) is 11.6. The van der Waals surface area contributed by atoms with Gasteiger partial charge in [0.25, 0.3) is 0 Å². The van der Waals surface area contributed by atoms with Crippen molar-refractivity contribution in [1.82, 2.24) is 9.97 Å². The Labute approximate surface area is 200 Å². The number of aromatic amines is 1. The van der Waals surface area contributed by atoms with E-state index in [4.69, 9.17) is 4.74 Å². The summed E-state index contributed by atoms with van der Waals surface area (Å²) in [4.78, 5) is 7.81. The van der Waals surface area contributed by atoms with Gasteiger partial charge in [0.2, 0.25) is 0 Å². The molecule has 0 saturated carbocycles. The maximum absolute atomic E-state index is 9.73. The van der Waals surface area contributed by atoms with Gasteiger partial charge < -0.3 is 9.72 Å². The van der Waals surface area contributed by atoms with E-state index in [0.29, 0.717) is 18.0 Å². The van der Waals surface area contributed by atoms with Crippen molar-refractivity contribution < 1.29 is 4.74 Å². The number of nitriles is 1. The minimum Gasteiger partial charge on any atom is -0.488 e. The molecule has 1 heterocycles. The third kappa shape index (κ3) is 4.39. The first-order chi connectivity index (χ1) is 16.1. The fraction of sp³-hybridized carbons (Fsp3) is 0.0714. The second-order valence-corrected chi connectivity index (χ2v) is 8.75. The standard InChI is InChI=1S/C28H20BrN3O/c1-18-9-11-25-26(13-18)32-28(31-25)22(16-30)14-19-10-12-27(24(29)15-19)33-17-21-7-4-6-20-5-2-3-8-23(20)21/h2-15H,17H2,1H3,(H,31,32). The minimum absolute atomic E-state index is 0.469. The smallest absolute Gasteiger partial charge is 0.149 e. The second kappa shape index (κ2) is 8.93. The molecule has 0 spiro atoms. The summed E-state index contributed by atoms with van der Waals surface area (Å²) < 4.78 is 6.93. The van der Waals surface area contributed by atoms with Crippen molar-refractivity contribution in [3.63, 3.8) is 0 Å². The highest BCUT2D eigenvalue weighted by Gasteiger charge is 2.10. The van der Waals surface area contributed by atoms with Crippen molar-refractivity contribution in [1.29, 1.82) is 5.26 Å². The van der Waals surface area contributed by atoms with Gasteiger partial charge in [0.1, 0.15) is 24.3 Å². The number of hydrogen-bond acceptors (Lipinski definition) is 3. The summed E-state index contributed by atoms with van der Waals surface area (Å²) in [5, 5.41) is 12.1. The van der Waals surface area contributed by atoms with Crippen LogP contribution in [-0.2, 0) is 6.61 Å². The molecule has 0 radical (unpaired) electrons. The zero-order valence-corrected chi connectivity index (χ0v) is 19.6. The number of nitrogens with one attached hydrogen (secondary N) is 1. The quantitative estimate of drug-likeness (QED) is 0.259. The van der Waals surface area contributed by atoms with Crippen molar-refractivity contribution in [3.05, 3.63) is 106 Å². The summed E-state index contributed by atoms with van der Waals surface area (Å²) in [5.41, 5.74) is 5.39. The van der Waals surface area contributed by atoms with Crippen LogP contribution in [-0.4, -0.2) is 9.97 Å². The SMILES string of the molecule is Cc1ccc2nc(C(C#N)=Cc3ccc(OCc4cccc5ccccc45)c(Br)c3)[nH]c2c1. The lowest BCUT2D eigenvalue weighted by molar-refractivity contribution is 0.305. The highest BCUT2D eigenvalue weighted by molar-refractivity contribution is 9.10. The number of hydrogen-bond donors (Lipinski definition) is 1. The number of nitrogens with zero attached hydrogens (tertiary/aromatic N) is 2. The van der Waals surface area contributed by atoms with Crippen LogP contribution in [0.3, 0.4) is 0 Å². The maximum atomic E-state index is 9.73.